The molecule has 0 aliphatic carbocycles. The fraction of sp³-hybridized carbons (Fsp3) is 0.273. The molecule has 8 heteroatoms. The van der Waals surface area contributed by atoms with Gasteiger partial charge in [0.05, 0.1) is 19.9 Å². The monoisotopic (exact) mass is 521 g/mol. The van der Waals surface area contributed by atoms with E-state index in [2.05, 4.69) is 44.6 Å². The van der Waals surface area contributed by atoms with Crippen molar-refractivity contribution in [1.29, 1.82) is 0 Å². The first-order valence-corrected chi connectivity index (χ1v) is 9.36. The van der Waals surface area contributed by atoms with Crippen molar-refractivity contribution in [3.63, 3.8) is 0 Å². The highest BCUT2D eigenvalue weighted by Crippen LogP contribution is 2.25. The molecular formula is C22H28IN5O2. The molecule has 7 nitrogen and oxygen atoms in total. The number of ether oxygens (including phenoxy) is 2. The lowest BCUT2D eigenvalue weighted by atomic mass is 10.2. The van der Waals surface area contributed by atoms with Crippen LogP contribution >= 0.6 is 24.0 Å². The molecule has 0 bridgehead atoms. The molecule has 3 rings (SSSR count). The summed E-state index contributed by atoms with van der Waals surface area (Å²) in [5, 5.41) is 7.66. The molecule has 0 amide bonds. The molecule has 3 aromatic rings. The average molecular weight is 521 g/mol. The lowest BCUT2D eigenvalue weighted by Gasteiger charge is -2.23. The Morgan fingerprint density at radius 3 is 2.50 bits per heavy atom. The fourth-order valence-electron chi connectivity index (χ4n) is 3.07. The molecule has 0 atom stereocenters. The Labute approximate surface area is 194 Å². The molecule has 0 aliphatic heterocycles. The van der Waals surface area contributed by atoms with Gasteiger partial charge in [-0.25, -0.2) is 4.68 Å². The second-order valence-corrected chi connectivity index (χ2v) is 6.55. The second-order valence-electron chi connectivity index (χ2n) is 6.55. The van der Waals surface area contributed by atoms with Gasteiger partial charge in [-0.2, -0.15) is 5.10 Å². The Balaban J connectivity index is 0.00000320. The molecule has 0 radical (unpaired) electrons. The van der Waals surface area contributed by atoms with Crippen LogP contribution in [0, 0.1) is 0 Å². The van der Waals surface area contributed by atoms with E-state index in [1.54, 1.807) is 27.5 Å². The van der Waals surface area contributed by atoms with E-state index in [1.165, 1.54) is 0 Å². The van der Waals surface area contributed by atoms with Gasteiger partial charge in [0, 0.05) is 51.2 Å². The summed E-state index contributed by atoms with van der Waals surface area (Å²) in [5.41, 5.74) is 3.26. The summed E-state index contributed by atoms with van der Waals surface area (Å²) in [4.78, 5) is 6.46. The lowest BCUT2D eigenvalue weighted by Crippen LogP contribution is -2.38. The van der Waals surface area contributed by atoms with Gasteiger partial charge in [0.1, 0.15) is 11.5 Å². The summed E-state index contributed by atoms with van der Waals surface area (Å²) in [6.45, 7) is 1.33. The van der Waals surface area contributed by atoms with Crippen molar-refractivity contribution >= 4 is 29.9 Å². The Morgan fingerprint density at radius 1 is 1.13 bits per heavy atom. The summed E-state index contributed by atoms with van der Waals surface area (Å²) in [6.07, 6.45) is 3.70. The van der Waals surface area contributed by atoms with Crippen molar-refractivity contribution in [3.8, 4) is 17.2 Å². The zero-order valence-corrected chi connectivity index (χ0v) is 20.0. The van der Waals surface area contributed by atoms with Gasteiger partial charge in [-0.3, -0.25) is 4.99 Å². The van der Waals surface area contributed by atoms with Gasteiger partial charge < -0.3 is 19.7 Å². The van der Waals surface area contributed by atoms with Gasteiger partial charge in [0.25, 0.3) is 0 Å². The molecule has 0 aliphatic rings. The highest BCUT2D eigenvalue weighted by molar-refractivity contribution is 14.0. The number of hydrogen-bond acceptors (Lipinski definition) is 4. The van der Waals surface area contributed by atoms with Gasteiger partial charge >= 0.3 is 0 Å². The van der Waals surface area contributed by atoms with Gasteiger partial charge in [-0.1, -0.05) is 12.1 Å². The number of hydrogen-bond donors (Lipinski definition) is 1. The standard InChI is InChI=1S/C22H27N5O2.HI/c1-23-22(26(2)16-18-8-11-20(28-3)14-21(18)29-4)24-15-17-6-9-19(10-7-17)27-13-5-12-25-27;/h5-14H,15-16H2,1-4H3,(H,23,24);1H. The van der Waals surface area contributed by atoms with E-state index in [0.29, 0.717) is 13.1 Å². The topological polar surface area (TPSA) is 63.9 Å². The number of nitrogens with one attached hydrogen (secondary N) is 1. The zero-order valence-electron chi connectivity index (χ0n) is 17.7. The van der Waals surface area contributed by atoms with E-state index in [1.807, 2.05) is 42.2 Å². The Kier molecular flexibility index (Phi) is 8.97. The number of aliphatic imine (C=N–C) groups is 1. The first-order chi connectivity index (χ1) is 14.1. The van der Waals surface area contributed by atoms with Crippen LogP contribution in [0.3, 0.4) is 0 Å². The van der Waals surface area contributed by atoms with Gasteiger partial charge in [-0.05, 0) is 35.9 Å². The second kappa shape index (κ2) is 11.4. The first-order valence-electron chi connectivity index (χ1n) is 9.36. The molecule has 0 saturated heterocycles. The minimum absolute atomic E-state index is 0. The molecule has 0 fully saturated rings. The van der Waals surface area contributed by atoms with Crippen LogP contribution in [0.2, 0.25) is 0 Å². The van der Waals surface area contributed by atoms with E-state index < -0.39 is 0 Å². The summed E-state index contributed by atoms with van der Waals surface area (Å²) >= 11 is 0. The quantitative estimate of drug-likeness (QED) is 0.292. The summed E-state index contributed by atoms with van der Waals surface area (Å²) in [5.74, 6) is 2.37. The number of benzene rings is 2. The van der Waals surface area contributed by atoms with Crippen molar-refractivity contribution < 1.29 is 9.47 Å². The average Bonchev–Trinajstić information content (AvgIpc) is 3.30. The van der Waals surface area contributed by atoms with E-state index in [-0.39, 0.29) is 24.0 Å². The number of rotatable bonds is 7. The highest BCUT2D eigenvalue weighted by atomic mass is 127. The molecule has 1 aromatic heterocycles. The minimum Gasteiger partial charge on any atom is -0.497 e. The number of halogens is 1. The Bertz CT molecular complexity index is 943. The third-order valence-electron chi connectivity index (χ3n) is 4.63. The SMILES string of the molecule is CN=C(NCc1ccc(-n2cccn2)cc1)N(C)Cc1ccc(OC)cc1OC.I. The molecule has 2 aromatic carbocycles. The largest absolute Gasteiger partial charge is 0.497 e. The van der Waals surface area contributed by atoms with Crippen LogP contribution in [0.1, 0.15) is 11.1 Å². The van der Waals surface area contributed by atoms with Crippen molar-refractivity contribution in [3.05, 3.63) is 72.1 Å². The first kappa shape index (κ1) is 23.5. The van der Waals surface area contributed by atoms with Crippen molar-refractivity contribution in [1.82, 2.24) is 20.0 Å². The summed E-state index contributed by atoms with van der Waals surface area (Å²) in [6, 6.07) is 16.0. The molecule has 160 valence electrons. The number of guanidine groups is 1. The van der Waals surface area contributed by atoms with Crippen LogP contribution in [0.5, 0.6) is 11.5 Å². The zero-order chi connectivity index (χ0) is 20.6. The third kappa shape index (κ3) is 5.88. The number of nitrogens with zero attached hydrogens (tertiary/aromatic N) is 4. The number of methoxy groups -OCH3 is 2. The van der Waals surface area contributed by atoms with E-state index in [4.69, 9.17) is 9.47 Å². The van der Waals surface area contributed by atoms with Crippen LogP contribution in [-0.2, 0) is 13.1 Å². The maximum atomic E-state index is 5.50. The third-order valence-corrected chi connectivity index (χ3v) is 4.63. The van der Waals surface area contributed by atoms with E-state index in [9.17, 15) is 0 Å². The minimum atomic E-state index is 0. The molecule has 1 N–H and O–H groups in total. The van der Waals surface area contributed by atoms with Crippen LogP contribution in [0.15, 0.2) is 65.9 Å². The molecular weight excluding hydrogens is 493 g/mol. The van der Waals surface area contributed by atoms with Crippen LogP contribution in [-0.4, -0.2) is 49.0 Å². The predicted molar refractivity (Wildman–Crippen MR) is 130 cm³/mol. The number of aromatic nitrogens is 2. The van der Waals surface area contributed by atoms with Crippen molar-refractivity contribution in [2.45, 2.75) is 13.1 Å². The van der Waals surface area contributed by atoms with Crippen LogP contribution < -0.4 is 14.8 Å². The van der Waals surface area contributed by atoms with Gasteiger partial charge in [0.2, 0.25) is 0 Å². The molecule has 0 spiro atoms. The normalized spacial score (nSPS) is 10.9. The molecule has 30 heavy (non-hydrogen) atoms. The summed E-state index contributed by atoms with van der Waals surface area (Å²) in [7, 11) is 7.09. The molecule has 0 saturated carbocycles. The highest BCUT2D eigenvalue weighted by Gasteiger charge is 2.11. The van der Waals surface area contributed by atoms with Gasteiger partial charge in [-0.15, -0.1) is 24.0 Å². The molecule has 0 unspecified atom stereocenters. The molecule has 1 heterocycles. The van der Waals surface area contributed by atoms with Crippen LogP contribution in [0.4, 0.5) is 0 Å². The Hall–Kier alpha value is -2.75. The van der Waals surface area contributed by atoms with Crippen molar-refractivity contribution in [2.75, 3.05) is 28.3 Å². The summed E-state index contributed by atoms with van der Waals surface area (Å²) < 4.78 is 12.6. The van der Waals surface area contributed by atoms with Gasteiger partial charge in [0.15, 0.2) is 5.96 Å². The lowest BCUT2D eigenvalue weighted by molar-refractivity contribution is 0.382. The fourth-order valence-corrected chi connectivity index (χ4v) is 3.07. The van der Waals surface area contributed by atoms with Crippen LogP contribution in [0.25, 0.3) is 5.69 Å². The Morgan fingerprint density at radius 2 is 1.90 bits per heavy atom. The van der Waals surface area contributed by atoms with Crippen molar-refractivity contribution in [2.24, 2.45) is 4.99 Å². The predicted octanol–water partition coefficient (Wildman–Crippen LogP) is 3.71. The maximum absolute atomic E-state index is 5.50. The van der Waals surface area contributed by atoms with E-state index >= 15 is 0 Å². The smallest absolute Gasteiger partial charge is 0.193 e. The maximum Gasteiger partial charge on any atom is 0.193 e. The van der Waals surface area contributed by atoms with E-state index in [0.717, 1.165) is 34.3 Å².